The van der Waals surface area contributed by atoms with Gasteiger partial charge >= 0.3 is 0 Å². The number of carbonyl (C=O) groups excluding carboxylic acids is 1. The number of nitrogens with zero attached hydrogens (tertiary/aromatic N) is 3. The number of aryl methyl sites for hydroxylation is 1. The average molecular weight is 410 g/mol. The van der Waals surface area contributed by atoms with Crippen molar-refractivity contribution in [3.63, 3.8) is 0 Å². The molecule has 30 heavy (non-hydrogen) atoms. The van der Waals surface area contributed by atoms with Crippen LogP contribution in [0, 0.1) is 11.6 Å². The van der Waals surface area contributed by atoms with Crippen LogP contribution < -0.4 is 5.32 Å². The van der Waals surface area contributed by atoms with E-state index in [1.807, 2.05) is 20.8 Å². The number of rotatable bonds is 3. The molecule has 6 nitrogen and oxygen atoms in total. The molecule has 0 aliphatic heterocycles. The summed E-state index contributed by atoms with van der Waals surface area (Å²) >= 11 is 0. The fourth-order valence-electron chi connectivity index (χ4n) is 3.06. The maximum Gasteiger partial charge on any atom is 0.259 e. The number of amides is 1. The summed E-state index contributed by atoms with van der Waals surface area (Å²) in [6, 6.07) is 8.29. The highest BCUT2D eigenvalue weighted by molar-refractivity contribution is 6.08. The van der Waals surface area contributed by atoms with Gasteiger partial charge in [0.05, 0.1) is 5.56 Å². The van der Waals surface area contributed by atoms with Crippen molar-refractivity contribution in [2.75, 3.05) is 5.32 Å². The molecule has 4 aromatic rings. The number of hydrogen-bond donors (Lipinski definition) is 1. The Hall–Kier alpha value is -3.55. The van der Waals surface area contributed by atoms with Crippen LogP contribution in [-0.2, 0) is 12.5 Å². The molecule has 8 heteroatoms. The van der Waals surface area contributed by atoms with Crippen molar-refractivity contribution in [1.29, 1.82) is 0 Å². The molecule has 0 spiro atoms. The van der Waals surface area contributed by atoms with Gasteiger partial charge in [-0.2, -0.15) is 5.10 Å². The zero-order valence-corrected chi connectivity index (χ0v) is 17.0. The van der Waals surface area contributed by atoms with E-state index in [1.165, 1.54) is 16.9 Å². The Morgan fingerprint density at radius 3 is 2.60 bits per heavy atom. The molecule has 0 radical (unpaired) electrons. The first-order valence-corrected chi connectivity index (χ1v) is 9.33. The van der Waals surface area contributed by atoms with E-state index in [-0.39, 0.29) is 22.2 Å². The lowest BCUT2D eigenvalue weighted by molar-refractivity contribution is 0.102. The van der Waals surface area contributed by atoms with Gasteiger partial charge in [-0.25, -0.2) is 13.8 Å². The number of aromatic nitrogens is 3. The number of fused-ring (bicyclic) bond motifs is 1. The van der Waals surface area contributed by atoms with Crippen LogP contribution in [0.3, 0.4) is 0 Å². The van der Waals surface area contributed by atoms with Crippen molar-refractivity contribution in [3.8, 4) is 11.3 Å². The number of benzene rings is 2. The van der Waals surface area contributed by atoms with Gasteiger partial charge in [0, 0.05) is 36.0 Å². The lowest BCUT2D eigenvalue weighted by Gasteiger charge is -2.11. The minimum atomic E-state index is -0.790. The van der Waals surface area contributed by atoms with E-state index in [2.05, 4.69) is 15.4 Å². The van der Waals surface area contributed by atoms with Crippen LogP contribution in [0.25, 0.3) is 22.4 Å². The predicted octanol–water partition coefficient (Wildman–Crippen LogP) is 5.06. The van der Waals surface area contributed by atoms with Gasteiger partial charge in [-0.3, -0.25) is 9.48 Å². The second-order valence-electron chi connectivity index (χ2n) is 8.09. The van der Waals surface area contributed by atoms with Crippen LogP contribution in [0.5, 0.6) is 0 Å². The number of nitrogens with one attached hydrogen (secondary N) is 1. The number of hydrogen-bond acceptors (Lipinski definition) is 4. The molecule has 1 N–H and O–H groups in total. The molecule has 0 saturated carbocycles. The lowest BCUT2D eigenvalue weighted by Crippen LogP contribution is -2.12. The van der Waals surface area contributed by atoms with Gasteiger partial charge in [0.25, 0.3) is 5.91 Å². The van der Waals surface area contributed by atoms with E-state index >= 15 is 0 Å². The lowest BCUT2D eigenvalue weighted by atomic mass is 9.97. The minimum Gasteiger partial charge on any atom is -0.440 e. The summed E-state index contributed by atoms with van der Waals surface area (Å²) in [5.41, 5.74) is 1.84. The van der Waals surface area contributed by atoms with Crippen molar-refractivity contribution in [2.24, 2.45) is 7.05 Å². The highest BCUT2D eigenvalue weighted by Gasteiger charge is 2.22. The topological polar surface area (TPSA) is 73.0 Å². The highest BCUT2D eigenvalue weighted by atomic mass is 19.1. The maximum atomic E-state index is 14.2. The number of halogens is 2. The minimum absolute atomic E-state index is 0.0453. The average Bonchev–Trinajstić information content (AvgIpc) is 3.25. The van der Waals surface area contributed by atoms with E-state index < -0.39 is 17.5 Å². The standard InChI is InChI=1S/C22H20F2N4O2/c1-22(2,3)21-26-17-10-13(6-8-18(17)30-21)25-20(29)15-11-28(4)27-19(15)14-7-5-12(23)9-16(14)24/h5-11H,1-4H3,(H,25,29). The molecule has 2 aromatic carbocycles. The third kappa shape index (κ3) is 3.68. The second kappa shape index (κ2) is 7.05. The Bertz CT molecular complexity index is 1270. The Morgan fingerprint density at radius 1 is 1.13 bits per heavy atom. The zero-order valence-electron chi connectivity index (χ0n) is 17.0. The summed E-state index contributed by atoms with van der Waals surface area (Å²) in [5, 5.41) is 6.96. The molecule has 0 fully saturated rings. The smallest absolute Gasteiger partial charge is 0.259 e. The summed E-state index contributed by atoms with van der Waals surface area (Å²) in [5.74, 6) is -1.36. The van der Waals surface area contributed by atoms with Crippen LogP contribution in [0.4, 0.5) is 14.5 Å². The van der Waals surface area contributed by atoms with E-state index in [0.717, 1.165) is 12.1 Å². The van der Waals surface area contributed by atoms with Crippen molar-refractivity contribution < 1.29 is 18.0 Å². The van der Waals surface area contributed by atoms with Gasteiger partial charge in [-0.1, -0.05) is 20.8 Å². The summed E-state index contributed by atoms with van der Waals surface area (Å²) < 4.78 is 34.7. The molecule has 0 unspecified atom stereocenters. The third-order valence-electron chi connectivity index (χ3n) is 4.55. The Morgan fingerprint density at radius 2 is 1.90 bits per heavy atom. The van der Waals surface area contributed by atoms with E-state index in [4.69, 9.17) is 4.42 Å². The molecule has 4 rings (SSSR count). The van der Waals surface area contributed by atoms with Crippen molar-refractivity contribution in [1.82, 2.24) is 14.8 Å². The van der Waals surface area contributed by atoms with Crippen molar-refractivity contribution in [2.45, 2.75) is 26.2 Å². The fourth-order valence-corrected chi connectivity index (χ4v) is 3.06. The third-order valence-corrected chi connectivity index (χ3v) is 4.55. The van der Waals surface area contributed by atoms with Gasteiger partial charge < -0.3 is 9.73 Å². The van der Waals surface area contributed by atoms with Crippen LogP contribution in [0.15, 0.2) is 47.0 Å². The van der Waals surface area contributed by atoms with Crippen molar-refractivity contribution >= 4 is 22.7 Å². The maximum absolute atomic E-state index is 14.2. The molecule has 2 aromatic heterocycles. The predicted molar refractivity (Wildman–Crippen MR) is 109 cm³/mol. The molecule has 0 aliphatic rings. The fraction of sp³-hybridized carbons (Fsp3) is 0.227. The zero-order chi connectivity index (χ0) is 21.6. The highest BCUT2D eigenvalue weighted by Crippen LogP contribution is 2.29. The Kier molecular flexibility index (Phi) is 4.64. The number of anilines is 1. The quantitative estimate of drug-likeness (QED) is 0.513. The largest absolute Gasteiger partial charge is 0.440 e. The van der Waals surface area contributed by atoms with Crippen molar-refractivity contribution in [3.05, 3.63) is 65.7 Å². The number of carbonyl (C=O) groups is 1. The molecular weight excluding hydrogens is 390 g/mol. The van der Waals surface area contributed by atoms with E-state index in [1.54, 1.807) is 25.2 Å². The first kappa shape index (κ1) is 19.8. The van der Waals surface area contributed by atoms with Gasteiger partial charge in [0.2, 0.25) is 5.89 Å². The van der Waals surface area contributed by atoms with Crippen LogP contribution in [0.2, 0.25) is 0 Å². The molecule has 0 atom stereocenters. The van der Waals surface area contributed by atoms with Crippen LogP contribution in [-0.4, -0.2) is 20.7 Å². The molecule has 154 valence electrons. The van der Waals surface area contributed by atoms with E-state index in [0.29, 0.717) is 22.7 Å². The summed E-state index contributed by atoms with van der Waals surface area (Å²) in [4.78, 5) is 17.4. The summed E-state index contributed by atoms with van der Waals surface area (Å²) in [6.45, 7) is 6.00. The van der Waals surface area contributed by atoms with E-state index in [9.17, 15) is 13.6 Å². The Labute approximate surface area is 171 Å². The molecule has 0 bridgehead atoms. The second-order valence-corrected chi connectivity index (χ2v) is 8.09. The normalized spacial score (nSPS) is 11.8. The molecular formula is C22H20F2N4O2. The SMILES string of the molecule is Cn1cc(C(=O)Nc2ccc3oc(C(C)(C)C)nc3c2)c(-c2ccc(F)cc2F)n1. The van der Waals surface area contributed by atoms with Gasteiger partial charge in [0.15, 0.2) is 5.58 Å². The monoisotopic (exact) mass is 410 g/mol. The van der Waals surface area contributed by atoms with Crippen LogP contribution >= 0.6 is 0 Å². The Balaban J connectivity index is 1.66. The van der Waals surface area contributed by atoms with Gasteiger partial charge in [-0.15, -0.1) is 0 Å². The molecule has 0 saturated heterocycles. The number of oxazole rings is 1. The molecule has 1 amide bonds. The molecule has 0 aliphatic carbocycles. The van der Waals surface area contributed by atoms with Crippen LogP contribution in [0.1, 0.15) is 37.0 Å². The van der Waals surface area contributed by atoms with Gasteiger partial charge in [0.1, 0.15) is 22.8 Å². The summed E-state index contributed by atoms with van der Waals surface area (Å²) in [6.07, 6.45) is 1.49. The molecule has 2 heterocycles. The first-order valence-electron chi connectivity index (χ1n) is 9.33. The first-order chi connectivity index (χ1) is 14.1. The van der Waals surface area contributed by atoms with Gasteiger partial charge in [-0.05, 0) is 30.3 Å². The summed E-state index contributed by atoms with van der Waals surface area (Å²) in [7, 11) is 1.62.